The second-order valence-electron chi connectivity index (χ2n) is 3.28. The standard InChI is InChI=1S/C8H18N4O2/c1-12(2)6(7(13)14)4-3-5-11-8(9)10/h6H,3-5H2,1-2H3,(H,13,14)(H4,9,10,11)/t6-/m0/s1/i/hD. The zero-order chi connectivity index (χ0) is 11.8. The maximum atomic E-state index is 11.1. The van der Waals surface area contributed by atoms with Crippen LogP contribution >= 0.6 is 0 Å². The Bertz CT molecular complexity index is 223. The van der Waals surface area contributed by atoms with Gasteiger partial charge < -0.3 is 16.2 Å². The fourth-order valence-electron chi connectivity index (χ4n) is 1.11. The van der Waals surface area contributed by atoms with Crippen LogP contribution in [0.1, 0.15) is 12.8 Å². The van der Waals surface area contributed by atoms with Crippen LogP contribution in [0, 0.1) is 5.41 Å². The number of carboxylic acid groups (broad SMARTS) is 1. The number of nitrogens with two attached hydrogens (primary N) is 1. The quantitative estimate of drug-likeness (QED) is 0.259. The summed E-state index contributed by atoms with van der Waals surface area (Å²) < 4.78 is 6.54. The molecule has 0 radical (unpaired) electrons. The highest BCUT2D eigenvalue weighted by atomic mass is 16.4. The summed E-state index contributed by atoms with van der Waals surface area (Å²) in [5.74, 6) is -0.651. The SMILES string of the molecule is [2H]OC(=O)[C@H](CCCNC(=N)N)N(C)C. The maximum Gasteiger partial charge on any atom is 0.320 e. The fraction of sp³-hybridized carbons (Fsp3) is 0.750. The Hall–Kier alpha value is -1.30. The number of hydrogen-bond acceptors (Lipinski definition) is 4. The molecule has 0 aliphatic carbocycles. The Morgan fingerprint density at radius 3 is 2.86 bits per heavy atom. The van der Waals surface area contributed by atoms with Crippen molar-refractivity contribution in [3.8, 4) is 0 Å². The monoisotopic (exact) mass is 203 g/mol. The first-order chi connectivity index (χ1) is 6.99. The van der Waals surface area contributed by atoms with Crippen LogP contribution < -0.4 is 11.1 Å². The van der Waals surface area contributed by atoms with Crippen molar-refractivity contribution in [2.75, 3.05) is 20.6 Å². The van der Waals surface area contributed by atoms with Crippen molar-refractivity contribution in [1.29, 1.82) is 6.84 Å². The van der Waals surface area contributed by atoms with E-state index in [1.54, 1.807) is 19.0 Å². The van der Waals surface area contributed by atoms with Gasteiger partial charge in [0, 0.05) is 6.54 Å². The van der Waals surface area contributed by atoms with Crippen LogP contribution in [0.2, 0.25) is 0 Å². The molecule has 0 bridgehead atoms. The van der Waals surface area contributed by atoms with Crippen LogP contribution in [0.3, 0.4) is 0 Å². The Balaban J connectivity index is 3.87. The average Bonchev–Trinajstić information content (AvgIpc) is 2.15. The highest BCUT2D eigenvalue weighted by Crippen LogP contribution is 2.02. The van der Waals surface area contributed by atoms with E-state index in [4.69, 9.17) is 12.6 Å². The molecule has 0 amide bonds. The lowest BCUT2D eigenvalue weighted by molar-refractivity contribution is -0.142. The van der Waals surface area contributed by atoms with Gasteiger partial charge in [0.15, 0.2) is 5.96 Å². The van der Waals surface area contributed by atoms with Gasteiger partial charge in [0.1, 0.15) is 6.04 Å². The van der Waals surface area contributed by atoms with E-state index in [2.05, 4.69) is 10.4 Å². The molecule has 14 heavy (non-hydrogen) atoms. The van der Waals surface area contributed by atoms with Crippen LogP contribution in [0.25, 0.3) is 1.43 Å². The van der Waals surface area contributed by atoms with E-state index in [0.717, 1.165) is 0 Å². The minimum Gasteiger partial charge on any atom is -0.480 e. The topological polar surface area (TPSA) is 102 Å². The molecular formula is C8H18N4O2. The van der Waals surface area contributed by atoms with Gasteiger partial charge >= 0.3 is 5.97 Å². The van der Waals surface area contributed by atoms with Gasteiger partial charge in [-0.1, -0.05) is 0 Å². The molecule has 0 aliphatic heterocycles. The summed E-state index contributed by atoms with van der Waals surface area (Å²) in [5.41, 5.74) is 5.10. The summed E-state index contributed by atoms with van der Waals surface area (Å²) in [6.45, 7) is 0.533. The van der Waals surface area contributed by atoms with Gasteiger partial charge in [-0.25, -0.2) is 0 Å². The molecule has 1 atom stereocenters. The van der Waals surface area contributed by atoms with Crippen molar-refractivity contribution in [3.05, 3.63) is 0 Å². The minimum absolute atomic E-state index is 0.0838. The van der Waals surface area contributed by atoms with Crippen molar-refractivity contribution < 1.29 is 9.90 Å². The number of carboxylic acids is 1. The van der Waals surface area contributed by atoms with Gasteiger partial charge in [-0.2, -0.15) is 0 Å². The van der Waals surface area contributed by atoms with Crippen LogP contribution in [0.15, 0.2) is 0 Å². The second kappa shape index (κ2) is 6.20. The average molecular weight is 203 g/mol. The third-order valence-corrected chi connectivity index (χ3v) is 1.87. The highest BCUT2D eigenvalue weighted by Gasteiger charge is 2.18. The summed E-state index contributed by atoms with van der Waals surface area (Å²) in [6.07, 6.45) is 1.24. The molecular weight excluding hydrogens is 184 g/mol. The van der Waals surface area contributed by atoms with E-state index >= 15 is 0 Å². The van der Waals surface area contributed by atoms with E-state index in [0.29, 0.717) is 19.4 Å². The molecule has 0 rings (SSSR count). The first kappa shape index (κ1) is 10.8. The number of likely N-dealkylation sites (N-methyl/N-ethyl adjacent to an activating group) is 1. The highest BCUT2D eigenvalue weighted by molar-refractivity contribution is 5.74. The van der Waals surface area contributed by atoms with E-state index in [1.807, 2.05) is 0 Å². The predicted molar refractivity (Wildman–Crippen MR) is 54.3 cm³/mol. The molecule has 6 nitrogen and oxygen atoms in total. The molecule has 0 spiro atoms. The third-order valence-electron chi connectivity index (χ3n) is 1.87. The van der Waals surface area contributed by atoms with E-state index in [1.165, 1.54) is 0 Å². The van der Waals surface area contributed by atoms with Gasteiger partial charge in [0.25, 0.3) is 1.43 Å². The number of rotatable bonds is 6. The molecule has 6 heteroatoms. The van der Waals surface area contributed by atoms with Gasteiger partial charge in [-0.05, 0) is 26.9 Å². The molecule has 0 aromatic heterocycles. The normalized spacial score (nSPS) is 13.2. The van der Waals surface area contributed by atoms with Crippen LogP contribution in [0.4, 0.5) is 0 Å². The van der Waals surface area contributed by atoms with Crippen molar-refractivity contribution >= 4 is 11.9 Å². The lowest BCUT2D eigenvalue weighted by atomic mass is 10.1. The van der Waals surface area contributed by atoms with Crippen LogP contribution in [-0.4, -0.2) is 48.6 Å². The Kier molecular flexibility index (Phi) is 4.77. The number of nitrogens with zero attached hydrogens (tertiary/aromatic N) is 1. The molecule has 0 unspecified atom stereocenters. The fourth-order valence-corrected chi connectivity index (χ4v) is 1.11. The Morgan fingerprint density at radius 2 is 2.43 bits per heavy atom. The van der Waals surface area contributed by atoms with Crippen molar-refractivity contribution in [2.45, 2.75) is 18.9 Å². The number of hydrogen-bond donors (Lipinski definition) is 4. The summed E-state index contributed by atoms with van der Waals surface area (Å²) in [7, 11) is 3.50. The molecule has 0 aromatic rings. The molecule has 0 fully saturated rings. The zero-order valence-corrected chi connectivity index (χ0v) is 8.54. The molecule has 5 N–H and O–H groups in total. The number of carbonyl (C=O) groups is 1. The van der Waals surface area contributed by atoms with Crippen molar-refractivity contribution in [3.63, 3.8) is 0 Å². The van der Waals surface area contributed by atoms with Crippen LogP contribution in [-0.2, 0) is 4.79 Å². The molecule has 0 aliphatic rings. The van der Waals surface area contributed by atoms with Crippen molar-refractivity contribution in [2.24, 2.45) is 5.73 Å². The summed E-state index contributed by atoms with van der Waals surface area (Å²) in [6, 6.07) is -0.420. The van der Waals surface area contributed by atoms with Gasteiger partial charge in [0.2, 0.25) is 0 Å². The van der Waals surface area contributed by atoms with Crippen molar-refractivity contribution in [1.82, 2.24) is 10.2 Å². The summed E-state index contributed by atoms with van der Waals surface area (Å²) in [5, 5.41) is 13.5. The number of aliphatic carboxylic acids is 1. The largest absolute Gasteiger partial charge is 0.480 e. The van der Waals surface area contributed by atoms with E-state index in [9.17, 15) is 4.79 Å². The second-order valence-corrected chi connectivity index (χ2v) is 3.28. The minimum atomic E-state index is -0.567. The zero-order valence-electron chi connectivity index (χ0n) is 9.54. The molecule has 0 saturated heterocycles. The predicted octanol–water partition coefficient (Wildman–Crippen LogP) is -0.736. The Morgan fingerprint density at radius 1 is 1.79 bits per heavy atom. The van der Waals surface area contributed by atoms with Gasteiger partial charge in [0.05, 0.1) is 0 Å². The molecule has 0 saturated carbocycles. The first-order valence-electron chi connectivity index (χ1n) is 4.81. The smallest absolute Gasteiger partial charge is 0.320 e. The van der Waals surface area contributed by atoms with Crippen LogP contribution in [0.5, 0.6) is 0 Å². The number of guanidine groups is 1. The Labute approximate surface area is 85.1 Å². The third kappa shape index (κ3) is 5.36. The number of nitrogens with one attached hydrogen (secondary N) is 2. The summed E-state index contributed by atoms with van der Waals surface area (Å²) in [4.78, 5) is 12.8. The lowest BCUT2D eigenvalue weighted by Gasteiger charge is -2.19. The van der Waals surface area contributed by atoms with Gasteiger partial charge in [-0.15, -0.1) is 0 Å². The van der Waals surface area contributed by atoms with E-state index in [-0.39, 0.29) is 5.96 Å². The molecule has 0 heterocycles. The first-order valence-corrected chi connectivity index (χ1v) is 4.40. The van der Waals surface area contributed by atoms with E-state index < -0.39 is 12.0 Å². The summed E-state index contributed by atoms with van der Waals surface area (Å²) >= 11 is 0. The lowest BCUT2D eigenvalue weighted by Crippen LogP contribution is -2.37. The molecule has 0 aromatic carbocycles. The molecule has 82 valence electrons. The maximum absolute atomic E-state index is 11.1. The van der Waals surface area contributed by atoms with Gasteiger partial charge in [-0.3, -0.25) is 15.1 Å².